The van der Waals surface area contributed by atoms with E-state index in [9.17, 15) is 9.59 Å². The third-order valence-electron chi connectivity index (χ3n) is 3.91. The SMILES string of the molecule is Cc1ccc2c(c1C)N(Cc1ccc(Br)cc1)C(=O)C2=O. The summed E-state index contributed by atoms with van der Waals surface area (Å²) < 4.78 is 0.988. The lowest BCUT2D eigenvalue weighted by Crippen LogP contribution is -2.29. The van der Waals surface area contributed by atoms with E-state index < -0.39 is 11.7 Å². The lowest BCUT2D eigenvalue weighted by Gasteiger charge is -2.19. The quantitative estimate of drug-likeness (QED) is 0.778. The Bertz CT molecular complexity index is 750. The molecule has 0 N–H and O–H groups in total. The van der Waals surface area contributed by atoms with E-state index in [2.05, 4.69) is 15.9 Å². The van der Waals surface area contributed by atoms with Crippen molar-refractivity contribution in [3.8, 4) is 0 Å². The van der Waals surface area contributed by atoms with Crippen LogP contribution in [0.3, 0.4) is 0 Å². The molecule has 0 spiro atoms. The molecule has 3 rings (SSSR count). The maximum absolute atomic E-state index is 12.3. The Kier molecular flexibility index (Phi) is 3.41. The maximum Gasteiger partial charge on any atom is 0.299 e. The van der Waals surface area contributed by atoms with E-state index in [1.165, 1.54) is 0 Å². The van der Waals surface area contributed by atoms with Crippen LogP contribution >= 0.6 is 15.9 Å². The van der Waals surface area contributed by atoms with Crippen molar-refractivity contribution in [2.75, 3.05) is 4.90 Å². The van der Waals surface area contributed by atoms with Crippen LogP contribution in [0.4, 0.5) is 5.69 Å². The second-order valence-electron chi connectivity index (χ2n) is 5.25. The van der Waals surface area contributed by atoms with Crippen LogP contribution in [-0.4, -0.2) is 11.7 Å². The van der Waals surface area contributed by atoms with Gasteiger partial charge in [-0.1, -0.05) is 34.1 Å². The molecule has 3 nitrogen and oxygen atoms in total. The fourth-order valence-corrected chi connectivity index (χ4v) is 2.86. The van der Waals surface area contributed by atoms with Crippen LogP contribution in [0.25, 0.3) is 0 Å². The van der Waals surface area contributed by atoms with Gasteiger partial charge in [0.15, 0.2) is 0 Å². The predicted molar refractivity (Wildman–Crippen MR) is 85.6 cm³/mol. The monoisotopic (exact) mass is 343 g/mol. The highest BCUT2D eigenvalue weighted by Gasteiger charge is 2.37. The number of fused-ring (bicyclic) bond motifs is 1. The van der Waals surface area contributed by atoms with Crippen molar-refractivity contribution in [1.82, 2.24) is 0 Å². The van der Waals surface area contributed by atoms with Crippen LogP contribution in [0.15, 0.2) is 40.9 Å². The Morgan fingerprint density at radius 3 is 2.33 bits per heavy atom. The van der Waals surface area contributed by atoms with Gasteiger partial charge in [0.1, 0.15) is 0 Å². The average Bonchev–Trinajstić information content (AvgIpc) is 2.71. The average molecular weight is 344 g/mol. The van der Waals surface area contributed by atoms with Gasteiger partial charge in [-0.05, 0) is 48.7 Å². The highest BCUT2D eigenvalue weighted by atomic mass is 79.9. The number of hydrogen-bond acceptors (Lipinski definition) is 2. The summed E-state index contributed by atoms with van der Waals surface area (Å²) in [6.45, 7) is 4.35. The molecule has 0 atom stereocenters. The van der Waals surface area contributed by atoms with E-state index in [1.54, 1.807) is 11.0 Å². The highest BCUT2D eigenvalue weighted by Crippen LogP contribution is 2.35. The lowest BCUT2D eigenvalue weighted by atomic mass is 10.0. The van der Waals surface area contributed by atoms with Crippen molar-refractivity contribution in [2.24, 2.45) is 0 Å². The number of carbonyl (C=O) groups is 2. The Morgan fingerprint density at radius 1 is 1.00 bits per heavy atom. The molecule has 1 amide bonds. The molecule has 1 aliphatic rings. The van der Waals surface area contributed by atoms with Gasteiger partial charge in [-0.3, -0.25) is 9.59 Å². The van der Waals surface area contributed by atoms with Crippen LogP contribution < -0.4 is 4.90 Å². The molecular formula is C17H14BrNO2. The first kappa shape index (κ1) is 14.0. The van der Waals surface area contributed by atoms with E-state index in [1.807, 2.05) is 44.2 Å². The number of aryl methyl sites for hydroxylation is 1. The number of carbonyl (C=O) groups excluding carboxylic acids is 2. The first-order valence-corrected chi connectivity index (χ1v) is 7.49. The molecule has 0 saturated heterocycles. The van der Waals surface area contributed by atoms with Gasteiger partial charge < -0.3 is 4.90 Å². The Hall–Kier alpha value is -1.94. The fraction of sp³-hybridized carbons (Fsp3) is 0.176. The summed E-state index contributed by atoms with van der Waals surface area (Å²) in [7, 11) is 0. The van der Waals surface area contributed by atoms with Gasteiger partial charge in [0.25, 0.3) is 11.7 Å². The molecular weight excluding hydrogens is 330 g/mol. The molecule has 0 aliphatic carbocycles. The smallest absolute Gasteiger partial charge is 0.299 e. The molecule has 0 bridgehead atoms. The predicted octanol–water partition coefficient (Wildman–Crippen LogP) is 3.80. The second-order valence-corrected chi connectivity index (χ2v) is 6.17. The summed E-state index contributed by atoms with van der Waals surface area (Å²) in [5, 5.41) is 0. The summed E-state index contributed by atoms with van der Waals surface area (Å²) in [5.41, 5.74) is 4.34. The van der Waals surface area contributed by atoms with E-state index in [0.29, 0.717) is 12.1 Å². The van der Waals surface area contributed by atoms with E-state index in [4.69, 9.17) is 0 Å². The molecule has 2 aromatic carbocycles. The zero-order valence-corrected chi connectivity index (χ0v) is 13.4. The number of amides is 1. The third kappa shape index (κ3) is 2.29. The number of benzene rings is 2. The van der Waals surface area contributed by atoms with Gasteiger partial charge >= 0.3 is 0 Å². The van der Waals surface area contributed by atoms with Gasteiger partial charge in [0, 0.05) is 4.47 Å². The molecule has 0 unspecified atom stereocenters. The molecule has 0 radical (unpaired) electrons. The summed E-state index contributed by atoms with van der Waals surface area (Å²) >= 11 is 3.39. The van der Waals surface area contributed by atoms with Crippen molar-refractivity contribution >= 4 is 33.3 Å². The zero-order chi connectivity index (χ0) is 15.1. The molecule has 106 valence electrons. The highest BCUT2D eigenvalue weighted by molar-refractivity contribution is 9.10. The normalized spacial score (nSPS) is 13.8. The number of Topliss-reactive ketones (excluding diaryl/α,β-unsaturated/α-hetero) is 1. The second kappa shape index (κ2) is 5.11. The van der Waals surface area contributed by atoms with E-state index in [-0.39, 0.29) is 0 Å². The van der Waals surface area contributed by atoms with Crippen LogP contribution in [0.5, 0.6) is 0 Å². The van der Waals surface area contributed by atoms with Gasteiger partial charge in [-0.15, -0.1) is 0 Å². The van der Waals surface area contributed by atoms with Crippen molar-refractivity contribution in [1.29, 1.82) is 0 Å². The first-order valence-electron chi connectivity index (χ1n) is 6.70. The van der Waals surface area contributed by atoms with Crippen molar-refractivity contribution in [2.45, 2.75) is 20.4 Å². The molecule has 2 aromatic rings. The standard InChI is InChI=1S/C17H14BrNO2/c1-10-3-8-14-15(11(10)2)19(17(21)16(14)20)9-12-4-6-13(18)7-5-12/h3-8H,9H2,1-2H3. The number of halogens is 1. The maximum atomic E-state index is 12.3. The minimum absolute atomic E-state index is 0.412. The number of nitrogens with zero attached hydrogens (tertiary/aromatic N) is 1. The molecule has 0 aromatic heterocycles. The topological polar surface area (TPSA) is 37.4 Å². The van der Waals surface area contributed by atoms with Crippen LogP contribution in [0.1, 0.15) is 27.0 Å². The molecule has 0 saturated carbocycles. The summed E-state index contributed by atoms with van der Waals surface area (Å²) in [4.78, 5) is 26.0. The van der Waals surface area contributed by atoms with Crippen LogP contribution in [0.2, 0.25) is 0 Å². The number of hydrogen-bond donors (Lipinski definition) is 0. The van der Waals surface area contributed by atoms with Crippen molar-refractivity contribution < 1.29 is 9.59 Å². The van der Waals surface area contributed by atoms with E-state index >= 15 is 0 Å². The molecule has 21 heavy (non-hydrogen) atoms. The van der Waals surface area contributed by atoms with Gasteiger partial charge in [0.2, 0.25) is 0 Å². The van der Waals surface area contributed by atoms with Gasteiger partial charge in [-0.25, -0.2) is 0 Å². The first-order chi connectivity index (χ1) is 9.99. The number of anilines is 1. The van der Waals surface area contributed by atoms with Gasteiger partial charge in [-0.2, -0.15) is 0 Å². The number of ketones is 1. The van der Waals surface area contributed by atoms with E-state index in [0.717, 1.165) is 26.9 Å². The van der Waals surface area contributed by atoms with Gasteiger partial charge in [0.05, 0.1) is 17.8 Å². The van der Waals surface area contributed by atoms with Crippen molar-refractivity contribution in [3.05, 3.63) is 63.1 Å². The zero-order valence-electron chi connectivity index (χ0n) is 11.8. The Labute approximate surface area is 131 Å². The summed E-state index contributed by atoms with van der Waals surface area (Å²) in [5.74, 6) is -0.855. The Morgan fingerprint density at radius 2 is 1.67 bits per heavy atom. The van der Waals surface area contributed by atoms with Crippen LogP contribution in [-0.2, 0) is 11.3 Å². The van der Waals surface area contributed by atoms with Crippen molar-refractivity contribution in [3.63, 3.8) is 0 Å². The molecule has 4 heteroatoms. The fourth-order valence-electron chi connectivity index (χ4n) is 2.59. The molecule has 1 heterocycles. The van der Waals surface area contributed by atoms with Crippen LogP contribution in [0, 0.1) is 13.8 Å². The summed E-state index contributed by atoms with van der Waals surface area (Å²) in [6.07, 6.45) is 0. The molecule has 0 fully saturated rings. The molecule has 1 aliphatic heterocycles. The lowest BCUT2D eigenvalue weighted by molar-refractivity contribution is -0.114. The Balaban J connectivity index is 2.04. The summed E-state index contributed by atoms with van der Waals surface area (Å²) in [6, 6.07) is 11.4. The minimum Gasteiger partial charge on any atom is -0.300 e. The minimum atomic E-state index is -0.443. The third-order valence-corrected chi connectivity index (χ3v) is 4.44. The largest absolute Gasteiger partial charge is 0.300 e. The number of rotatable bonds is 2.